The van der Waals surface area contributed by atoms with E-state index in [1.807, 2.05) is 6.92 Å². The minimum atomic E-state index is -4.57. The zero-order chi connectivity index (χ0) is 19.8. The number of halogens is 3. The third kappa shape index (κ3) is 3.52. The summed E-state index contributed by atoms with van der Waals surface area (Å²) < 4.78 is 40.3. The number of hydrogen-bond donors (Lipinski definition) is 1. The standard InChI is InChI=1S/C19H18F3N3O2/c1-12-3-5-13(6-4-12)18(26)17-15-8-7-14(19(20,21)22)11-16(15)25(27)24(17)10-2-9-23/h3-8,11H,2,9-10,23H2,1H3/p+1. The van der Waals surface area contributed by atoms with Crippen molar-refractivity contribution in [1.82, 2.24) is 4.68 Å². The van der Waals surface area contributed by atoms with E-state index in [9.17, 15) is 23.2 Å². The second-order valence-corrected chi connectivity index (χ2v) is 6.38. The molecule has 3 N–H and O–H groups in total. The van der Waals surface area contributed by atoms with Gasteiger partial charge in [0.25, 0.3) is 5.52 Å². The maximum atomic E-state index is 13.0. The molecular formula is C19H19F3N3O2+. The van der Waals surface area contributed by atoms with Crippen molar-refractivity contribution in [3.05, 3.63) is 70.1 Å². The number of carbonyl (C=O) groups excluding carboxylic acids is 1. The summed E-state index contributed by atoms with van der Waals surface area (Å²) in [6, 6.07) is 9.68. The second kappa shape index (κ2) is 7.03. The first kappa shape index (κ1) is 18.9. The first-order valence-electron chi connectivity index (χ1n) is 8.48. The number of quaternary nitrogens is 1. The maximum absolute atomic E-state index is 13.0. The van der Waals surface area contributed by atoms with Gasteiger partial charge in [-0.25, -0.2) is 0 Å². The van der Waals surface area contributed by atoms with Crippen LogP contribution < -0.4 is 10.6 Å². The maximum Gasteiger partial charge on any atom is 0.416 e. The van der Waals surface area contributed by atoms with Crippen LogP contribution in [0.5, 0.6) is 0 Å². The largest absolute Gasteiger partial charge is 0.595 e. The molecule has 0 atom stereocenters. The molecule has 2 aromatic carbocycles. The Labute approximate surface area is 153 Å². The van der Waals surface area contributed by atoms with Crippen molar-refractivity contribution in [3.63, 3.8) is 0 Å². The summed E-state index contributed by atoms with van der Waals surface area (Å²) >= 11 is 0. The van der Waals surface area contributed by atoms with Crippen LogP contribution in [0.1, 0.15) is 33.6 Å². The van der Waals surface area contributed by atoms with E-state index in [-0.39, 0.29) is 23.1 Å². The van der Waals surface area contributed by atoms with Crippen LogP contribution in [-0.4, -0.2) is 17.0 Å². The fourth-order valence-electron chi connectivity index (χ4n) is 2.97. The lowest BCUT2D eigenvalue weighted by Crippen LogP contribution is -2.51. The van der Waals surface area contributed by atoms with Gasteiger partial charge in [0.15, 0.2) is 5.69 Å². The number of alkyl halides is 3. The molecule has 8 heteroatoms. The Kier molecular flexibility index (Phi) is 4.93. The number of rotatable bonds is 5. The van der Waals surface area contributed by atoms with Gasteiger partial charge in [-0.15, -0.1) is 4.68 Å². The molecule has 1 heterocycles. The number of hydrogen-bond acceptors (Lipinski definition) is 2. The molecule has 0 bridgehead atoms. The lowest BCUT2D eigenvalue weighted by atomic mass is 10.0. The molecule has 0 amide bonds. The van der Waals surface area contributed by atoms with E-state index < -0.39 is 17.5 Å². The van der Waals surface area contributed by atoms with Crippen molar-refractivity contribution < 1.29 is 28.5 Å². The van der Waals surface area contributed by atoms with Gasteiger partial charge in [0, 0.05) is 18.1 Å². The average molecular weight is 378 g/mol. The Bertz CT molecular complexity index is 992. The highest BCUT2D eigenvalue weighted by molar-refractivity contribution is 6.14. The molecule has 27 heavy (non-hydrogen) atoms. The number of benzene rings is 2. The van der Waals surface area contributed by atoms with E-state index in [1.54, 1.807) is 24.3 Å². The summed E-state index contributed by atoms with van der Waals surface area (Å²) in [6.07, 6.45) is -4.05. The first-order valence-corrected chi connectivity index (χ1v) is 8.48. The molecule has 0 radical (unpaired) electrons. The molecule has 5 nitrogen and oxygen atoms in total. The van der Waals surface area contributed by atoms with Crippen molar-refractivity contribution in [2.45, 2.75) is 26.1 Å². The predicted molar refractivity (Wildman–Crippen MR) is 92.9 cm³/mol. The zero-order valence-electron chi connectivity index (χ0n) is 14.7. The van der Waals surface area contributed by atoms with Gasteiger partial charge in [0.1, 0.15) is 0 Å². The predicted octanol–water partition coefficient (Wildman–Crippen LogP) is 2.46. The molecule has 0 fully saturated rings. The first-order chi connectivity index (χ1) is 12.7. The molecule has 0 saturated carbocycles. The topological polar surface area (TPSA) is 76.6 Å². The highest BCUT2D eigenvalue weighted by atomic mass is 19.4. The van der Waals surface area contributed by atoms with Gasteiger partial charge in [0.2, 0.25) is 5.78 Å². The Hall–Kier alpha value is -2.87. The number of ketones is 1. The molecule has 0 aliphatic heterocycles. The molecule has 0 aliphatic rings. The summed E-state index contributed by atoms with van der Waals surface area (Å²) in [4.78, 5) is 13.4. The third-order valence-corrected chi connectivity index (χ3v) is 4.41. The van der Waals surface area contributed by atoms with Gasteiger partial charge >= 0.3 is 6.18 Å². The van der Waals surface area contributed by atoms with Crippen molar-refractivity contribution in [2.24, 2.45) is 0 Å². The van der Waals surface area contributed by atoms with Gasteiger partial charge in [-0.05, 0) is 19.1 Å². The summed E-state index contributed by atoms with van der Waals surface area (Å²) in [6.45, 7) is 2.60. The van der Waals surface area contributed by atoms with E-state index in [0.717, 1.165) is 17.7 Å². The monoisotopic (exact) mass is 378 g/mol. The van der Waals surface area contributed by atoms with E-state index in [0.29, 0.717) is 23.4 Å². The highest BCUT2D eigenvalue weighted by Gasteiger charge is 2.34. The fraction of sp³-hybridized carbons (Fsp3) is 0.263. The van der Waals surface area contributed by atoms with Gasteiger partial charge in [-0.1, -0.05) is 34.7 Å². The quantitative estimate of drug-likeness (QED) is 0.421. The molecule has 0 saturated heterocycles. The van der Waals surface area contributed by atoms with Crippen LogP contribution in [0.25, 0.3) is 10.9 Å². The van der Waals surface area contributed by atoms with Crippen LogP contribution >= 0.6 is 0 Å². The number of aromatic nitrogens is 2. The van der Waals surface area contributed by atoms with Crippen LogP contribution in [0.15, 0.2) is 42.5 Å². The Morgan fingerprint density at radius 2 is 1.85 bits per heavy atom. The minimum Gasteiger partial charge on any atom is -0.595 e. The van der Waals surface area contributed by atoms with Crippen molar-refractivity contribution >= 4 is 16.7 Å². The normalized spacial score (nSPS) is 11.9. The van der Waals surface area contributed by atoms with E-state index in [4.69, 9.17) is 0 Å². The molecule has 3 aromatic rings. The van der Waals surface area contributed by atoms with Gasteiger partial charge in [0.05, 0.1) is 24.0 Å². The number of fused-ring (bicyclic) bond motifs is 1. The van der Waals surface area contributed by atoms with Crippen LogP contribution in [0.3, 0.4) is 0 Å². The summed E-state index contributed by atoms with van der Waals surface area (Å²) in [7, 11) is 0. The molecule has 0 unspecified atom stereocenters. The van der Waals surface area contributed by atoms with Crippen molar-refractivity contribution in [3.8, 4) is 0 Å². The van der Waals surface area contributed by atoms with Crippen LogP contribution in [0, 0.1) is 12.1 Å². The molecule has 0 spiro atoms. The van der Waals surface area contributed by atoms with Crippen LogP contribution in [0.4, 0.5) is 13.2 Å². The molecular weight excluding hydrogens is 359 g/mol. The Balaban J connectivity index is 2.22. The second-order valence-electron chi connectivity index (χ2n) is 6.38. The SMILES string of the molecule is Cc1ccc(C(=O)c2c3ccc(C(F)(F)F)cc3[n+]([O-])n2CCC[NH3+])cc1. The van der Waals surface area contributed by atoms with Crippen LogP contribution in [0.2, 0.25) is 0 Å². The van der Waals surface area contributed by atoms with E-state index in [1.165, 1.54) is 10.7 Å². The van der Waals surface area contributed by atoms with Gasteiger partial charge in [-0.3, -0.25) is 4.79 Å². The lowest BCUT2D eigenvalue weighted by Gasteiger charge is -2.06. The van der Waals surface area contributed by atoms with Crippen molar-refractivity contribution in [1.29, 1.82) is 0 Å². The molecule has 142 valence electrons. The molecule has 1 aromatic heterocycles. The highest BCUT2D eigenvalue weighted by Crippen LogP contribution is 2.32. The smallest absolute Gasteiger partial charge is 0.416 e. The van der Waals surface area contributed by atoms with Crippen LogP contribution in [-0.2, 0) is 12.7 Å². The van der Waals surface area contributed by atoms with Gasteiger partial charge < -0.3 is 10.9 Å². The van der Waals surface area contributed by atoms with E-state index >= 15 is 0 Å². The van der Waals surface area contributed by atoms with E-state index in [2.05, 4.69) is 5.73 Å². The molecule has 3 rings (SSSR count). The number of carbonyl (C=O) groups is 1. The summed E-state index contributed by atoms with van der Waals surface area (Å²) in [5, 5.41) is 12.9. The molecule has 0 aliphatic carbocycles. The average Bonchev–Trinajstić information content (AvgIpc) is 2.91. The lowest BCUT2D eigenvalue weighted by molar-refractivity contribution is -0.670. The summed E-state index contributed by atoms with van der Waals surface area (Å²) in [5.41, 5.74) is 4.04. The Morgan fingerprint density at radius 3 is 2.44 bits per heavy atom. The van der Waals surface area contributed by atoms with Crippen molar-refractivity contribution in [2.75, 3.05) is 6.54 Å². The number of nitrogens with zero attached hydrogens (tertiary/aromatic N) is 2. The summed E-state index contributed by atoms with van der Waals surface area (Å²) in [5.74, 6) is -0.404. The zero-order valence-corrected chi connectivity index (χ0v) is 14.7. The third-order valence-electron chi connectivity index (χ3n) is 4.41. The van der Waals surface area contributed by atoms with Gasteiger partial charge in [-0.2, -0.15) is 13.2 Å². The Morgan fingerprint density at radius 1 is 1.19 bits per heavy atom. The number of aryl methyl sites for hydroxylation is 1. The fourth-order valence-corrected chi connectivity index (χ4v) is 2.97. The minimum absolute atomic E-state index is 0.0889.